The van der Waals surface area contributed by atoms with Gasteiger partial charge in [0, 0.05) is 18.8 Å². The minimum atomic E-state index is 0.405. The van der Waals surface area contributed by atoms with Gasteiger partial charge in [0.1, 0.15) is 11.9 Å². The Bertz CT molecular complexity index is 463. The lowest BCUT2D eigenvalue weighted by Crippen LogP contribution is -2.43. The van der Waals surface area contributed by atoms with Gasteiger partial charge in [0.25, 0.3) is 0 Å². The smallest absolute Gasteiger partial charge is 0.144 e. The Balaban J connectivity index is 2.15. The molecule has 1 N–H and O–H groups in total. The molecule has 0 aromatic carbocycles. The quantitative estimate of drug-likeness (QED) is 0.864. The monoisotopic (exact) mass is 244 g/mol. The zero-order valence-electron chi connectivity index (χ0n) is 11.3. The standard InChI is InChI=1S/C14H20N4/c1-10-4-6-16-14(12(10)8-15)17-13-5-7-18(3)9-11(13)2/h4,6,11,13H,5,7,9H2,1-3H3,(H,16,17). The third-order valence-corrected chi connectivity index (χ3v) is 3.70. The number of hydrogen-bond acceptors (Lipinski definition) is 4. The average Bonchev–Trinajstić information content (AvgIpc) is 2.33. The molecule has 0 amide bonds. The van der Waals surface area contributed by atoms with Gasteiger partial charge in [-0.2, -0.15) is 5.26 Å². The maximum atomic E-state index is 9.20. The summed E-state index contributed by atoms with van der Waals surface area (Å²) in [7, 11) is 2.15. The van der Waals surface area contributed by atoms with Gasteiger partial charge < -0.3 is 10.2 Å². The maximum absolute atomic E-state index is 9.20. The van der Waals surface area contributed by atoms with Crippen LogP contribution in [-0.4, -0.2) is 36.1 Å². The summed E-state index contributed by atoms with van der Waals surface area (Å²) in [6, 6.07) is 4.52. The van der Waals surface area contributed by atoms with Gasteiger partial charge in [0.05, 0.1) is 5.56 Å². The van der Waals surface area contributed by atoms with Crippen molar-refractivity contribution in [3.8, 4) is 6.07 Å². The molecule has 1 saturated heterocycles. The number of anilines is 1. The van der Waals surface area contributed by atoms with Gasteiger partial charge >= 0.3 is 0 Å². The molecule has 4 nitrogen and oxygen atoms in total. The van der Waals surface area contributed by atoms with Gasteiger partial charge in [-0.05, 0) is 44.5 Å². The minimum absolute atomic E-state index is 0.405. The molecule has 4 heteroatoms. The summed E-state index contributed by atoms with van der Waals surface area (Å²) in [5.41, 5.74) is 1.65. The average molecular weight is 244 g/mol. The summed E-state index contributed by atoms with van der Waals surface area (Å²) in [6.45, 7) is 6.37. The van der Waals surface area contributed by atoms with E-state index in [1.54, 1.807) is 6.20 Å². The van der Waals surface area contributed by atoms with Crippen LogP contribution in [0, 0.1) is 24.2 Å². The van der Waals surface area contributed by atoms with E-state index in [4.69, 9.17) is 0 Å². The van der Waals surface area contributed by atoms with Crippen LogP contribution in [0.2, 0.25) is 0 Å². The highest BCUT2D eigenvalue weighted by molar-refractivity contribution is 5.55. The Hall–Kier alpha value is -1.60. The highest BCUT2D eigenvalue weighted by Gasteiger charge is 2.25. The fourth-order valence-corrected chi connectivity index (χ4v) is 2.55. The molecule has 0 aliphatic carbocycles. The zero-order valence-corrected chi connectivity index (χ0v) is 11.3. The van der Waals surface area contributed by atoms with Crippen molar-refractivity contribution in [1.82, 2.24) is 9.88 Å². The molecule has 2 unspecified atom stereocenters. The zero-order chi connectivity index (χ0) is 13.1. The number of aromatic nitrogens is 1. The third-order valence-electron chi connectivity index (χ3n) is 3.70. The maximum Gasteiger partial charge on any atom is 0.144 e. The number of piperidine rings is 1. The second-order valence-corrected chi connectivity index (χ2v) is 5.24. The first-order chi connectivity index (χ1) is 8.61. The van der Waals surface area contributed by atoms with E-state index < -0.39 is 0 Å². The lowest BCUT2D eigenvalue weighted by molar-refractivity contribution is 0.206. The van der Waals surface area contributed by atoms with Crippen LogP contribution in [0.15, 0.2) is 12.3 Å². The van der Waals surface area contributed by atoms with Crippen molar-refractivity contribution in [3.05, 3.63) is 23.4 Å². The third kappa shape index (κ3) is 2.62. The molecule has 0 radical (unpaired) electrons. The van der Waals surface area contributed by atoms with E-state index in [9.17, 15) is 5.26 Å². The predicted molar refractivity (Wildman–Crippen MR) is 72.4 cm³/mol. The second-order valence-electron chi connectivity index (χ2n) is 5.24. The van der Waals surface area contributed by atoms with E-state index in [2.05, 4.69) is 35.2 Å². The van der Waals surface area contributed by atoms with Crippen molar-refractivity contribution < 1.29 is 0 Å². The van der Waals surface area contributed by atoms with Crippen molar-refractivity contribution in [2.75, 3.05) is 25.5 Å². The Morgan fingerprint density at radius 3 is 3.00 bits per heavy atom. The Kier molecular flexibility index (Phi) is 3.83. The largest absolute Gasteiger partial charge is 0.366 e. The highest BCUT2D eigenvalue weighted by atomic mass is 15.1. The van der Waals surface area contributed by atoms with Gasteiger partial charge in [0.15, 0.2) is 0 Å². The molecule has 0 bridgehead atoms. The van der Waals surface area contributed by atoms with E-state index >= 15 is 0 Å². The molecule has 1 aromatic rings. The normalized spacial score (nSPS) is 24.6. The number of nitrogens with zero attached hydrogens (tertiary/aromatic N) is 3. The summed E-state index contributed by atoms with van der Waals surface area (Å²) >= 11 is 0. The minimum Gasteiger partial charge on any atom is -0.366 e. The van der Waals surface area contributed by atoms with Crippen molar-refractivity contribution in [2.24, 2.45) is 5.92 Å². The second kappa shape index (κ2) is 5.36. The summed E-state index contributed by atoms with van der Waals surface area (Å²) in [5.74, 6) is 1.30. The van der Waals surface area contributed by atoms with Gasteiger partial charge in [0.2, 0.25) is 0 Å². The summed E-state index contributed by atoms with van der Waals surface area (Å²) in [6.07, 6.45) is 2.86. The molecule has 96 valence electrons. The number of pyridine rings is 1. The van der Waals surface area contributed by atoms with E-state index in [0.29, 0.717) is 17.5 Å². The summed E-state index contributed by atoms with van der Waals surface area (Å²) in [4.78, 5) is 6.66. The topological polar surface area (TPSA) is 52.0 Å². The Morgan fingerprint density at radius 2 is 2.33 bits per heavy atom. The fraction of sp³-hybridized carbons (Fsp3) is 0.571. The number of nitrogens with one attached hydrogen (secondary N) is 1. The molecule has 1 aromatic heterocycles. The molecule has 2 rings (SSSR count). The van der Waals surface area contributed by atoms with E-state index in [-0.39, 0.29) is 0 Å². The molecular formula is C14H20N4. The predicted octanol–water partition coefficient (Wildman–Crippen LogP) is 2.01. The van der Waals surface area contributed by atoms with Crippen LogP contribution in [0.5, 0.6) is 0 Å². The first-order valence-corrected chi connectivity index (χ1v) is 6.42. The van der Waals surface area contributed by atoms with Crippen molar-refractivity contribution in [2.45, 2.75) is 26.3 Å². The molecule has 1 aliphatic heterocycles. The molecular weight excluding hydrogens is 224 g/mol. The highest BCUT2D eigenvalue weighted by Crippen LogP contribution is 2.22. The molecule has 2 heterocycles. The van der Waals surface area contributed by atoms with Gasteiger partial charge in [-0.15, -0.1) is 0 Å². The van der Waals surface area contributed by atoms with Crippen LogP contribution in [0.25, 0.3) is 0 Å². The Morgan fingerprint density at radius 1 is 1.56 bits per heavy atom. The van der Waals surface area contributed by atoms with E-state index in [1.165, 1.54) is 0 Å². The number of hydrogen-bond donors (Lipinski definition) is 1. The van der Waals surface area contributed by atoms with Gasteiger partial charge in [-0.3, -0.25) is 0 Å². The van der Waals surface area contributed by atoms with Crippen LogP contribution >= 0.6 is 0 Å². The first-order valence-electron chi connectivity index (χ1n) is 6.42. The van der Waals surface area contributed by atoms with Crippen LogP contribution < -0.4 is 5.32 Å². The van der Waals surface area contributed by atoms with Crippen LogP contribution in [0.3, 0.4) is 0 Å². The van der Waals surface area contributed by atoms with E-state index in [1.807, 2.05) is 13.0 Å². The number of likely N-dealkylation sites (tertiary alicyclic amines) is 1. The first kappa shape index (κ1) is 12.8. The molecule has 0 spiro atoms. The fourth-order valence-electron chi connectivity index (χ4n) is 2.55. The van der Waals surface area contributed by atoms with Crippen molar-refractivity contribution in [1.29, 1.82) is 5.26 Å². The van der Waals surface area contributed by atoms with Crippen LogP contribution in [0.4, 0.5) is 5.82 Å². The Labute approximate surface area is 109 Å². The van der Waals surface area contributed by atoms with Crippen molar-refractivity contribution in [3.63, 3.8) is 0 Å². The molecule has 2 atom stereocenters. The molecule has 1 fully saturated rings. The lowest BCUT2D eigenvalue weighted by Gasteiger charge is -2.35. The summed E-state index contributed by atoms with van der Waals surface area (Å²) in [5, 5.41) is 12.6. The van der Waals surface area contributed by atoms with Crippen LogP contribution in [-0.2, 0) is 0 Å². The van der Waals surface area contributed by atoms with Crippen LogP contribution in [0.1, 0.15) is 24.5 Å². The molecule has 1 aliphatic rings. The number of aryl methyl sites for hydroxylation is 1. The van der Waals surface area contributed by atoms with E-state index in [0.717, 1.165) is 30.9 Å². The number of nitriles is 1. The van der Waals surface area contributed by atoms with Gasteiger partial charge in [-0.1, -0.05) is 6.92 Å². The number of rotatable bonds is 2. The van der Waals surface area contributed by atoms with Gasteiger partial charge in [-0.25, -0.2) is 4.98 Å². The lowest BCUT2D eigenvalue weighted by atomic mass is 9.94. The van der Waals surface area contributed by atoms with Crippen molar-refractivity contribution >= 4 is 5.82 Å². The molecule has 18 heavy (non-hydrogen) atoms. The SMILES string of the molecule is Cc1ccnc(NC2CCN(C)CC2C)c1C#N. The summed E-state index contributed by atoms with van der Waals surface area (Å²) < 4.78 is 0. The molecule has 0 saturated carbocycles.